The second kappa shape index (κ2) is 10.1. The van der Waals surface area contributed by atoms with E-state index in [-0.39, 0.29) is 0 Å². The molecule has 0 saturated carbocycles. The number of fused-ring (bicyclic) bond motifs is 1. The summed E-state index contributed by atoms with van der Waals surface area (Å²) < 4.78 is 0. The van der Waals surface area contributed by atoms with Gasteiger partial charge in [0.1, 0.15) is 5.84 Å². The van der Waals surface area contributed by atoms with Crippen molar-refractivity contribution in [2.45, 2.75) is 25.1 Å². The van der Waals surface area contributed by atoms with Crippen molar-refractivity contribution in [1.82, 2.24) is 9.80 Å². The SMILES string of the molecule is C=C/C=C\C(BC1CCN(CCC2=CN=C3C=CC=CN3C2)CC1)=C/C=C. The Kier molecular flexibility index (Phi) is 7.29. The summed E-state index contributed by atoms with van der Waals surface area (Å²) in [7, 11) is 1.14. The molecule has 140 valence electrons. The topological polar surface area (TPSA) is 18.8 Å². The van der Waals surface area contributed by atoms with Crippen molar-refractivity contribution in [2.75, 3.05) is 26.2 Å². The molecule has 3 rings (SSSR count). The van der Waals surface area contributed by atoms with Gasteiger partial charge in [-0.1, -0.05) is 60.9 Å². The van der Waals surface area contributed by atoms with Crippen molar-refractivity contribution >= 4 is 13.1 Å². The molecule has 0 aliphatic carbocycles. The molecular weight excluding hydrogens is 329 g/mol. The molecule has 0 N–H and O–H groups in total. The van der Waals surface area contributed by atoms with Crippen LogP contribution in [0, 0.1) is 0 Å². The highest BCUT2D eigenvalue weighted by molar-refractivity contribution is 6.48. The van der Waals surface area contributed by atoms with Crippen molar-refractivity contribution in [1.29, 1.82) is 0 Å². The molecule has 0 spiro atoms. The average Bonchev–Trinajstić information content (AvgIpc) is 2.71. The summed E-state index contributed by atoms with van der Waals surface area (Å²) >= 11 is 0. The van der Waals surface area contributed by atoms with Crippen LogP contribution in [0.1, 0.15) is 19.3 Å². The number of allylic oxidation sites excluding steroid dienone is 8. The molecule has 3 nitrogen and oxygen atoms in total. The monoisotopic (exact) mass is 359 g/mol. The fraction of sp³-hybridized carbons (Fsp3) is 0.348. The predicted molar refractivity (Wildman–Crippen MR) is 119 cm³/mol. The second-order valence-corrected chi connectivity index (χ2v) is 7.41. The average molecular weight is 359 g/mol. The van der Waals surface area contributed by atoms with Gasteiger partial charge in [0.05, 0.1) is 0 Å². The smallest absolute Gasteiger partial charge is 0.160 e. The molecule has 1 saturated heterocycles. The summed E-state index contributed by atoms with van der Waals surface area (Å²) in [5, 5.41) is 0. The number of hydrogen-bond acceptors (Lipinski definition) is 3. The van der Waals surface area contributed by atoms with Crippen molar-refractivity contribution in [3.8, 4) is 0 Å². The molecule has 1 fully saturated rings. The lowest BCUT2D eigenvalue weighted by atomic mass is 9.55. The minimum atomic E-state index is 0.772. The largest absolute Gasteiger partial charge is 0.329 e. The molecule has 3 aliphatic rings. The molecule has 0 aromatic carbocycles. The zero-order valence-corrected chi connectivity index (χ0v) is 16.3. The van der Waals surface area contributed by atoms with Gasteiger partial charge in [-0.3, -0.25) is 0 Å². The van der Waals surface area contributed by atoms with Crippen LogP contribution in [-0.4, -0.2) is 49.1 Å². The van der Waals surface area contributed by atoms with Crippen molar-refractivity contribution in [3.63, 3.8) is 0 Å². The van der Waals surface area contributed by atoms with Gasteiger partial charge in [0.15, 0.2) is 7.28 Å². The number of aliphatic imine (C=N–C) groups is 1. The summed E-state index contributed by atoms with van der Waals surface area (Å²) in [5.41, 5.74) is 2.78. The Morgan fingerprint density at radius 1 is 1.22 bits per heavy atom. The summed E-state index contributed by atoms with van der Waals surface area (Å²) in [6.45, 7) is 12.1. The van der Waals surface area contributed by atoms with E-state index in [1.165, 1.54) is 37.0 Å². The van der Waals surface area contributed by atoms with E-state index in [0.717, 1.165) is 38.4 Å². The molecule has 0 unspecified atom stereocenters. The molecule has 0 amide bonds. The van der Waals surface area contributed by atoms with E-state index in [0.29, 0.717) is 0 Å². The first kappa shape index (κ1) is 19.4. The van der Waals surface area contributed by atoms with Crippen LogP contribution >= 0.6 is 0 Å². The zero-order chi connectivity index (χ0) is 18.9. The highest BCUT2D eigenvalue weighted by Crippen LogP contribution is 2.25. The summed E-state index contributed by atoms with van der Waals surface area (Å²) in [4.78, 5) is 9.42. The van der Waals surface area contributed by atoms with Crippen molar-refractivity contribution in [2.24, 2.45) is 4.99 Å². The first-order valence-corrected chi connectivity index (χ1v) is 9.99. The maximum absolute atomic E-state index is 4.58. The van der Waals surface area contributed by atoms with Crippen LogP contribution < -0.4 is 0 Å². The van der Waals surface area contributed by atoms with E-state index < -0.39 is 0 Å². The van der Waals surface area contributed by atoms with E-state index in [4.69, 9.17) is 0 Å². The van der Waals surface area contributed by atoms with E-state index in [2.05, 4.69) is 64.7 Å². The van der Waals surface area contributed by atoms with Gasteiger partial charge in [-0.2, -0.15) is 0 Å². The lowest BCUT2D eigenvalue weighted by molar-refractivity contribution is 0.230. The second-order valence-electron chi connectivity index (χ2n) is 7.41. The van der Waals surface area contributed by atoms with E-state index in [1.807, 2.05) is 24.3 Å². The minimum absolute atomic E-state index is 0.772. The van der Waals surface area contributed by atoms with Crippen LogP contribution in [0.4, 0.5) is 0 Å². The van der Waals surface area contributed by atoms with Gasteiger partial charge in [-0.05, 0) is 50.1 Å². The fourth-order valence-electron chi connectivity index (χ4n) is 3.86. The van der Waals surface area contributed by atoms with Crippen molar-refractivity contribution < 1.29 is 0 Å². The molecule has 0 aromatic rings. The molecule has 3 aliphatic heterocycles. The summed E-state index contributed by atoms with van der Waals surface area (Å²) in [5.74, 6) is 1.82. The van der Waals surface area contributed by atoms with Gasteiger partial charge >= 0.3 is 0 Å². The first-order valence-electron chi connectivity index (χ1n) is 9.99. The van der Waals surface area contributed by atoms with Crippen LogP contribution in [0.2, 0.25) is 5.82 Å². The van der Waals surface area contributed by atoms with Crippen LogP contribution in [0.3, 0.4) is 0 Å². The minimum Gasteiger partial charge on any atom is -0.329 e. The number of nitrogens with zero attached hydrogens (tertiary/aromatic N) is 3. The van der Waals surface area contributed by atoms with E-state index >= 15 is 0 Å². The third kappa shape index (κ3) is 5.83. The third-order valence-electron chi connectivity index (χ3n) is 5.43. The number of amidine groups is 1. The molecule has 0 aromatic heterocycles. The lowest BCUT2D eigenvalue weighted by Gasteiger charge is -2.33. The van der Waals surface area contributed by atoms with Gasteiger partial charge in [0.25, 0.3) is 0 Å². The van der Waals surface area contributed by atoms with Gasteiger partial charge < -0.3 is 9.80 Å². The standard InChI is InChI=1S/C23H30BN3/c1-3-5-9-21(8-4-2)24-22-12-16-26(17-13-22)15-11-20-18-25-23-10-6-7-14-27(23)19-20/h3-10,14,18,22,24H,1-2,11-13,15-17,19H2/b9-5-,21-8+. The molecular formula is C23H30BN3. The molecule has 27 heavy (non-hydrogen) atoms. The quantitative estimate of drug-likeness (QED) is 0.478. The van der Waals surface area contributed by atoms with E-state index in [9.17, 15) is 0 Å². The Hall–Kier alpha value is -2.33. The van der Waals surface area contributed by atoms with E-state index in [1.54, 1.807) is 0 Å². The Morgan fingerprint density at radius 2 is 2.07 bits per heavy atom. The van der Waals surface area contributed by atoms with Crippen LogP contribution in [0.15, 0.2) is 90.2 Å². The lowest BCUT2D eigenvalue weighted by Crippen LogP contribution is -2.35. The first-order chi connectivity index (χ1) is 13.3. The van der Waals surface area contributed by atoms with Gasteiger partial charge in [0.2, 0.25) is 0 Å². The highest BCUT2D eigenvalue weighted by atomic mass is 15.2. The molecule has 4 heteroatoms. The number of rotatable bonds is 8. The van der Waals surface area contributed by atoms with Crippen molar-refractivity contribution in [3.05, 3.63) is 85.2 Å². The maximum Gasteiger partial charge on any atom is 0.160 e. The zero-order valence-electron chi connectivity index (χ0n) is 16.3. The Balaban J connectivity index is 1.42. The normalized spacial score (nSPS) is 21.0. The number of hydrogen-bond donors (Lipinski definition) is 0. The highest BCUT2D eigenvalue weighted by Gasteiger charge is 2.21. The number of piperidine rings is 1. The Morgan fingerprint density at radius 3 is 2.85 bits per heavy atom. The van der Waals surface area contributed by atoms with Gasteiger partial charge in [-0.15, -0.1) is 0 Å². The summed E-state index contributed by atoms with van der Waals surface area (Å²) in [6.07, 6.45) is 24.1. The van der Waals surface area contributed by atoms with Crippen LogP contribution in [0.25, 0.3) is 0 Å². The number of likely N-dealkylation sites (tertiary alicyclic amines) is 1. The Bertz CT molecular complexity index is 716. The van der Waals surface area contributed by atoms with Crippen LogP contribution in [0.5, 0.6) is 0 Å². The molecule has 0 bridgehead atoms. The maximum atomic E-state index is 4.58. The molecule has 0 radical (unpaired) electrons. The van der Waals surface area contributed by atoms with Gasteiger partial charge in [-0.25, -0.2) is 4.99 Å². The molecule has 3 heterocycles. The van der Waals surface area contributed by atoms with Gasteiger partial charge in [0, 0.05) is 25.5 Å². The Labute approximate surface area is 164 Å². The summed E-state index contributed by atoms with van der Waals surface area (Å²) in [6, 6.07) is 0. The predicted octanol–water partition coefficient (Wildman–Crippen LogP) is 4.19. The van der Waals surface area contributed by atoms with Crippen LogP contribution in [-0.2, 0) is 0 Å². The third-order valence-corrected chi connectivity index (χ3v) is 5.43. The molecule has 0 atom stereocenters. The fourth-order valence-corrected chi connectivity index (χ4v) is 3.86.